The van der Waals surface area contributed by atoms with E-state index in [1.807, 2.05) is 29.2 Å². The van der Waals surface area contributed by atoms with Gasteiger partial charge in [0.15, 0.2) is 0 Å². The molecule has 1 aromatic rings. The minimum Gasteiger partial charge on any atom is -0.494 e. The molecule has 1 amide bonds. The number of nitrogens with zero attached hydrogens (tertiary/aromatic N) is 1. The van der Waals surface area contributed by atoms with E-state index in [1.165, 1.54) is 9.99 Å². The van der Waals surface area contributed by atoms with Gasteiger partial charge in [-0.2, -0.15) is 0 Å². The molecule has 122 valence electrons. The summed E-state index contributed by atoms with van der Waals surface area (Å²) in [6, 6.07) is 8.45. The number of amides is 1. The largest absolute Gasteiger partial charge is 0.494 e. The molecule has 1 unspecified atom stereocenters. The number of likely N-dealkylation sites (tertiary alicyclic amines) is 1. The van der Waals surface area contributed by atoms with Crippen LogP contribution in [-0.2, 0) is 4.79 Å². The number of likely N-dealkylation sites (N-methyl/N-ethyl adjacent to an activating group) is 1. The van der Waals surface area contributed by atoms with Gasteiger partial charge in [-0.25, -0.2) is 0 Å². The molecule has 0 radical (unpaired) electrons. The molecule has 1 heterocycles. The third-order valence-corrected chi connectivity index (χ3v) is 4.60. The van der Waals surface area contributed by atoms with Crippen LogP contribution in [0.3, 0.4) is 0 Å². The number of rotatable bonds is 7. The molecule has 1 aromatic carbocycles. The average molecular weight is 416 g/mol. The standard InChI is InChI=1S/C17H25IN2O2/c1-2-19-15-5-3-11-20(13-15)17(21)6-4-12-22-16-9-7-14(18)8-10-16/h7-10,15,19H,2-6,11-13H2,1H3. The zero-order chi connectivity index (χ0) is 15.8. The Morgan fingerprint density at radius 1 is 1.41 bits per heavy atom. The summed E-state index contributed by atoms with van der Waals surface area (Å²) in [7, 11) is 0. The highest BCUT2D eigenvalue weighted by molar-refractivity contribution is 14.1. The molecule has 0 spiro atoms. The molecule has 22 heavy (non-hydrogen) atoms. The molecular weight excluding hydrogens is 391 g/mol. The quantitative estimate of drug-likeness (QED) is 0.549. The van der Waals surface area contributed by atoms with E-state index < -0.39 is 0 Å². The van der Waals surface area contributed by atoms with E-state index in [1.54, 1.807) is 0 Å². The summed E-state index contributed by atoms with van der Waals surface area (Å²) in [6.45, 7) is 5.43. The first-order valence-electron chi connectivity index (χ1n) is 8.08. The number of piperidine rings is 1. The SMILES string of the molecule is CCNC1CCCN(C(=O)CCCOc2ccc(I)cc2)C1. The lowest BCUT2D eigenvalue weighted by molar-refractivity contribution is -0.132. The molecule has 0 saturated carbocycles. The fourth-order valence-corrected chi connectivity index (χ4v) is 3.12. The number of nitrogens with one attached hydrogen (secondary N) is 1. The second-order valence-electron chi connectivity index (χ2n) is 5.64. The zero-order valence-corrected chi connectivity index (χ0v) is 15.3. The van der Waals surface area contributed by atoms with Gasteiger partial charge in [-0.15, -0.1) is 0 Å². The van der Waals surface area contributed by atoms with Crippen LogP contribution in [0.2, 0.25) is 0 Å². The van der Waals surface area contributed by atoms with E-state index in [-0.39, 0.29) is 5.91 Å². The highest BCUT2D eigenvalue weighted by Crippen LogP contribution is 2.15. The van der Waals surface area contributed by atoms with Crippen LogP contribution >= 0.6 is 22.6 Å². The van der Waals surface area contributed by atoms with Gasteiger partial charge in [-0.3, -0.25) is 4.79 Å². The summed E-state index contributed by atoms with van der Waals surface area (Å²) in [6.07, 6.45) is 3.62. The Hall–Kier alpha value is -0.820. The van der Waals surface area contributed by atoms with Crippen LogP contribution in [-0.4, -0.2) is 43.1 Å². The number of carbonyl (C=O) groups is 1. The summed E-state index contributed by atoms with van der Waals surface area (Å²) >= 11 is 2.27. The lowest BCUT2D eigenvalue weighted by Crippen LogP contribution is -2.47. The predicted molar refractivity (Wildman–Crippen MR) is 97.2 cm³/mol. The van der Waals surface area contributed by atoms with Crippen molar-refractivity contribution >= 4 is 28.5 Å². The second-order valence-corrected chi connectivity index (χ2v) is 6.89. The summed E-state index contributed by atoms with van der Waals surface area (Å²) < 4.78 is 6.87. The molecular formula is C17H25IN2O2. The summed E-state index contributed by atoms with van der Waals surface area (Å²) in [4.78, 5) is 14.2. The molecule has 0 aromatic heterocycles. The molecule has 1 saturated heterocycles. The Balaban J connectivity index is 1.65. The van der Waals surface area contributed by atoms with E-state index in [0.29, 0.717) is 19.1 Å². The van der Waals surface area contributed by atoms with Crippen molar-refractivity contribution in [2.45, 2.75) is 38.6 Å². The third-order valence-electron chi connectivity index (χ3n) is 3.88. The molecule has 0 aliphatic carbocycles. The van der Waals surface area contributed by atoms with Gasteiger partial charge in [0.25, 0.3) is 0 Å². The molecule has 1 fully saturated rings. The number of hydrogen-bond acceptors (Lipinski definition) is 3. The Morgan fingerprint density at radius 2 is 2.18 bits per heavy atom. The van der Waals surface area contributed by atoms with Crippen LogP contribution in [0.15, 0.2) is 24.3 Å². The number of carbonyl (C=O) groups excluding carboxylic acids is 1. The van der Waals surface area contributed by atoms with Gasteiger partial charge >= 0.3 is 0 Å². The highest BCUT2D eigenvalue weighted by atomic mass is 127. The molecule has 1 aliphatic heterocycles. The van der Waals surface area contributed by atoms with Gasteiger partial charge in [-0.05, 0) is 72.7 Å². The van der Waals surface area contributed by atoms with Crippen molar-refractivity contribution in [1.82, 2.24) is 10.2 Å². The van der Waals surface area contributed by atoms with Crippen molar-refractivity contribution in [3.05, 3.63) is 27.8 Å². The van der Waals surface area contributed by atoms with Gasteiger partial charge in [0.05, 0.1) is 6.61 Å². The maximum absolute atomic E-state index is 12.2. The molecule has 1 atom stereocenters. The number of benzene rings is 1. The Bertz CT molecular complexity index is 462. The zero-order valence-electron chi connectivity index (χ0n) is 13.2. The molecule has 2 rings (SSSR count). The lowest BCUT2D eigenvalue weighted by atomic mass is 10.1. The summed E-state index contributed by atoms with van der Waals surface area (Å²) in [5.74, 6) is 1.13. The number of ether oxygens (including phenoxy) is 1. The highest BCUT2D eigenvalue weighted by Gasteiger charge is 2.22. The fraction of sp³-hybridized carbons (Fsp3) is 0.588. The fourth-order valence-electron chi connectivity index (χ4n) is 2.76. The van der Waals surface area contributed by atoms with E-state index in [9.17, 15) is 4.79 Å². The number of hydrogen-bond donors (Lipinski definition) is 1. The average Bonchev–Trinajstić information content (AvgIpc) is 2.53. The van der Waals surface area contributed by atoms with Crippen molar-refractivity contribution in [3.63, 3.8) is 0 Å². The summed E-state index contributed by atoms with van der Waals surface area (Å²) in [5, 5.41) is 3.44. The van der Waals surface area contributed by atoms with Crippen LogP contribution in [0.25, 0.3) is 0 Å². The number of halogens is 1. The van der Waals surface area contributed by atoms with Crippen molar-refractivity contribution in [1.29, 1.82) is 0 Å². The first-order chi connectivity index (χ1) is 10.7. The Kier molecular flexibility index (Phi) is 7.45. The topological polar surface area (TPSA) is 41.6 Å². The van der Waals surface area contributed by atoms with Gasteiger partial charge in [0, 0.05) is 29.1 Å². The molecule has 5 heteroatoms. The van der Waals surface area contributed by atoms with Crippen LogP contribution in [0.4, 0.5) is 0 Å². The lowest BCUT2D eigenvalue weighted by Gasteiger charge is -2.33. The van der Waals surface area contributed by atoms with Gasteiger partial charge in [0.1, 0.15) is 5.75 Å². The van der Waals surface area contributed by atoms with Crippen molar-refractivity contribution in [2.75, 3.05) is 26.2 Å². The maximum atomic E-state index is 12.2. The second kappa shape index (κ2) is 9.35. The van der Waals surface area contributed by atoms with E-state index in [4.69, 9.17) is 4.74 Å². The Labute approximate surface area is 146 Å². The van der Waals surface area contributed by atoms with Crippen LogP contribution in [0.1, 0.15) is 32.6 Å². The molecule has 1 aliphatic rings. The Morgan fingerprint density at radius 3 is 2.91 bits per heavy atom. The van der Waals surface area contributed by atoms with Gasteiger partial charge < -0.3 is 15.0 Å². The molecule has 0 bridgehead atoms. The van der Waals surface area contributed by atoms with E-state index in [2.05, 4.69) is 34.8 Å². The normalized spacial score (nSPS) is 18.3. The first kappa shape index (κ1) is 17.5. The van der Waals surface area contributed by atoms with Crippen molar-refractivity contribution in [2.24, 2.45) is 0 Å². The molecule has 1 N–H and O–H groups in total. The summed E-state index contributed by atoms with van der Waals surface area (Å²) in [5.41, 5.74) is 0. The molecule has 4 nitrogen and oxygen atoms in total. The van der Waals surface area contributed by atoms with E-state index >= 15 is 0 Å². The maximum Gasteiger partial charge on any atom is 0.222 e. The van der Waals surface area contributed by atoms with E-state index in [0.717, 1.165) is 38.2 Å². The van der Waals surface area contributed by atoms with Crippen LogP contribution in [0, 0.1) is 3.57 Å². The third kappa shape index (κ3) is 5.76. The minimum atomic E-state index is 0.258. The van der Waals surface area contributed by atoms with Gasteiger partial charge in [0.2, 0.25) is 5.91 Å². The smallest absolute Gasteiger partial charge is 0.222 e. The van der Waals surface area contributed by atoms with Crippen molar-refractivity contribution < 1.29 is 9.53 Å². The monoisotopic (exact) mass is 416 g/mol. The predicted octanol–water partition coefficient (Wildman–Crippen LogP) is 3.05. The minimum absolute atomic E-state index is 0.258. The van der Waals surface area contributed by atoms with Crippen LogP contribution in [0.5, 0.6) is 5.75 Å². The van der Waals surface area contributed by atoms with Crippen molar-refractivity contribution in [3.8, 4) is 5.75 Å². The van der Waals surface area contributed by atoms with Gasteiger partial charge in [-0.1, -0.05) is 6.92 Å². The first-order valence-corrected chi connectivity index (χ1v) is 9.16. The van der Waals surface area contributed by atoms with Crippen LogP contribution < -0.4 is 10.1 Å².